The maximum Gasteiger partial charge on any atom is 0.168 e. The van der Waals surface area contributed by atoms with E-state index in [2.05, 4.69) is 4.57 Å². The molecule has 0 aliphatic heterocycles. The molecule has 0 amide bonds. The Balaban J connectivity index is 2.03. The lowest BCUT2D eigenvalue weighted by atomic mass is 10.1. The molecule has 0 atom stereocenters. The summed E-state index contributed by atoms with van der Waals surface area (Å²) < 4.78 is 2.10. The number of aromatic hydroxyl groups is 1. The number of hydrogen-bond donors (Lipinski definition) is 1. The van der Waals surface area contributed by atoms with E-state index in [1.165, 1.54) is 0 Å². The normalized spacial score (nSPS) is 10.1. The van der Waals surface area contributed by atoms with E-state index in [1.807, 2.05) is 48.8 Å². The third-order valence-electron chi connectivity index (χ3n) is 2.41. The van der Waals surface area contributed by atoms with Gasteiger partial charge in [0.15, 0.2) is 18.9 Å². The minimum absolute atomic E-state index is 0.383. The summed E-state index contributed by atoms with van der Waals surface area (Å²) in [6.07, 6.45) is 4.90. The molecule has 1 heterocycles. The second-order valence-electron chi connectivity index (χ2n) is 3.49. The number of rotatable bonds is 3. The molecule has 15 heavy (non-hydrogen) atoms. The minimum atomic E-state index is 0.383. The third-order valence-corrected chi connectivity index (χ3v) is 2.41. The standard InChI is InChI=1S/C13H13NO/c15-13-7-3-2-6-12(13)8-11-14-9-4-1-5-10-14/h1-7,9-10H,8,11H2/p+1. The molecule has 1 aromatic heterocycles. The number of phenols is 1. The Morgan fingerprint density at radius 1 is 0.933 bits per heavy atom. The van der Waals surface area contributed by atoms with Gasteiger partial charge in [0.2, 0.25) is 0 Å². The fraction of sp³-hybridized carbons (Fsp3) is 0.154. The van der Waals surface area contributed by atoms with Crippen molar-refractivity contribution in [3.63, 3.8) is 0 Å². The summed E-state index contributed by atoms with van der Waals surface area (Å²) in [7, 11) is 0. The van der Waals surface area contributed by atoms with Crippen LogP contribution in [0.15, 0.2) is 54.9 Å². The fourth-order valence-electron chi connectivity index (χ4n) is 1.56. The predicted molar refractivity (Wildman–Crippen MR) is 58.4 cm³/mol. The SMILES string of the molecule is Oc1ccccc1CC[n+]1ccccc1. The topological polar surface area (TPSA) is 24.1 Å². The molecule has 2 heteroatoms. The molecule has 0 aliphatic rings. The van der Waals surface area contributed by atoms with Crippen LogP contribution in [0, 0.1) is 0 Å². The second kappa shape index (κ2) is 4.60. The highest BCUT2D eigenvalue weighted by Crippen LogP contribution is 2.15. The van der Waals surface area contributed by atoms with Crippen molar-refractivity contribution < 1.29 is 9.67 Å². The molecule has 76 valence electrons. The van der Waals surface area contributed by atoms with Gasteiger partial charge in [-0.1, -0.05) is 24.3 Å². The van der Waals surface area contributed by atoms with E-state index in [0.717, 1.165) is 18.5 Å². The van der Waals surface area contributed by atoms with Gasteiger partial charge in [-0.25, -0.2) is 4.57 Å². The average Bonchev–Trinajstić information content (AvgIpc) is 2.29. The van der Waals surface area contributed by atoms with Crippen molar-refractivity contribution in [1.82, 2.24) is 0 Å². The molecular weight excluding hydrogens is 186 g/mol. The fourth-order valence-corrected chi connectivity index (χ4v) is 1.56. The maximum absolute atomic E-state index is 9.58. The molecule has 1 N–H and O–H groups in total. The van der Waals surface area contributed by atoms with E-state index in [-0.39, 0.29) is 0 Å². The highest BCUT2D eigenvalue weighted by molar-refractivity contribution is 5.31. The second-order valence-corrected chi connectivity index (χ2v) is 3.49. The van der Waals surface area contributed by atoms with Gasteiger partial charge in [-0.15, -0.1) is 0 Å². The number of aromatic nitrogens is 1. The Bertz CT molecular complexity index is 426. The molecule has 1 aromatic carbocycles. The van der Waals surface area contributed by atoms with Crippen LogP contribution in [0.1, 0.15) is 5.56 Å². The average molecular weight is 200 g/mol. The number of hydrogen-bond acceptors (Lipinski definition) is 1. The van der Waals surface area contributed by atoms with Crippen molar-refractivity contribution in [2.24, 2.45) is 0 Å². The van der Waals surface area contributed by atoms with Crippen LogP contribution in [0.25, 0.3) is 0 Å². The van der Waals surface area contributed by atoms with Crippen LogP contribution in [0.3, 0.4) is 0 Å². The smallest absolute Gasteiger partial charge is 0.168 e. The van der Waals surface area contributed by atoms with E-state index < -0.39 is 0 Å². The van der Waals surface area contributed by atoms with Gasteiger partial charge in [0.1, 0.15) is 5.75 Å². The van der Waals surface area contributed by atoms with Crippen LogP contribution in [0.5, 0.6) is 5.75 Å². The van der Waals surface area contributed by atoms with Crippen molar-refractivity contribution in [2.45, 2.75) is 13.0 Å². The zero-order chi connectivity index (χ0) is 10.5. The van der Waals surface area contributed by atoms with Crippen molar-refractivity contribution in [3.05, 3.63) is 60.4 Å². The number of nitrogens with zero attached hydrogens (tertiary/aromatic N) is 1. The van der Waals surface area contributed by atoms with Gasteiger partial charge in [-0.3, -0.25) is 0 Å². The lowest BCUT2D eigenvalue weighted by Gasteiger charge is -2.01. The van der Waals surface area contributed by atoms with Gasteiger partial charge in [0, 0.05) is 24.1 Å². The minimum Gasteiger partial charge on any atom is -0.508 e. The summed E-state index contributed by atoms with van der Waals surface area (Å²) in [5.74, 6) is 0.383. The lowest BCUT2D eigenvalue weighted by Crippen LogP contribution is -2.33. The van der Waals surface area contributed by atoms with Crippen LogP contribution in [0.2, 0.25) is 0 Å². The molecule has 2 aromatic rings. The number of para-hydroxylation sites is 1. The van der Waals surface area contributed by atoms with Gasteiger partial charge >= 0.3 is 0 Å². The van der Waals surface area contributed by atoms with Gasteiger partial charge in [0.05, 0.1) is 0 Å². The summed E-state index contributed by atoms with van der Waals surface area (Å²) in [5.41, 5.74) is 0.994. The third kappa shape index (κ3) is 2.56. The quantitative estimate of drug-likeness (QED) is 0.752. The van der Waals surface area contributed by atoms with Crippen LogP contribution in [0.4, 0.5) is 0 Å². The molecule has 0 radical (unpaired) electrons. The van der Waals surface area contributed by atoms with Gasteiger partial charge in [-0.2, -0.15) is 0 Å². The molecule has 0 unspecified atom stereocenters. The van der Waals surface area contributed by atoms with E-state index in [1.54, 1.807) is 6.07 Å². The monoisotopic (exact) mass is 200 g/mol. The summed E-state index contributed by atoms with van der Waals surface area (Å²) in [5, 5.41) is 9.58. The largest absolute Gasteiger partial charge is 0.508 e. The maximum atomic E-state index is 9.58. The molecule has 2 nitrogen and oxygen atoms in total. The number of benzene rings is 1. The molecule has 0 spiro atoms. The Kier molecular flexibility index (Phi) is 2.98. The van der Waals surface area contributed by atoms with E-state index >= 15 is 0 Å². The highest BCUT2D eigenvalue weighted by atomic mass is 16.3. The summed E-state index contributed by atoms with van der Waals surface area (Å²) >= 11 is 0. The number of phenolic OH excluding ortho intramolecular Hbond substituents is 1. The first-order chi connectivity index (χ1) is 7.36. The van der Waals surface area contributed by atoms with Crippen LogP contribution >= 0.6 is 0 Å². The van der Waals surface area contributed by atoms with Gasteiger partial charge in [0.25, 0.3) is 0 Å². The number of pyridine rings is 1. The molecule has 0 fully saturated rings. The zero-order valence-corrected chi connectivity index (χ0v) is 8.50. The molecule has 0 saturated heterocycles. The summed E-state index contributed by atoms with van der Waals surface area (Å²) in [6, 6.07) is 13.5. The Hall–Kier alpha value is -1.83. The van der Waals surface area contributed by atoms with E-state index in [4.69, 9.17) is 0 Å². The molecule has 2 rings (SSSR count). The molecule has 0 bridgehead atoms. The Morgan fingerprint density at radius 2 is 1.67 bits per heavy atom. The molecule has 0 saturated carbocycles. The first-order valence-electron chi connectivity index (χ1n) is 5.07. The highest BCUT2D eigenvalue weighted by Gasteiger charge is 2.03. The predicted octanol–water partition coefficient (Wildman–Crippen LogP) is 1.92. The van der Waals surface area contributed by atoms with E-state index in [9.17, 15) is 5.11 Å². The van der Waals surface area contributed by atoms with Crippen molar-refractivity contribution in [3.8, 4) is 5.75 Å². The van der Waals surface area contributed by atoms with Crippen molar-refractivity contribution in [2.75, 3.05) is 0 Å². The lowest BCUT2D eigenvalue weighted by molar-refractivity contribution is -0.696. The first kappa shape index (κ1) is 9.71. The summed E-state index contributed by atoms with van der Waals surface area (Å²) in [4.78, 5) is 0. The number of aryl methyl sites for hydroxylation is 2. The van der Waals surface area contributed by atoms with Crippen LogP contribution in [-0.4, -0.2) is 5.11 Å². The first-order valence-corrected chi connectivity index (χ1v) is 5.07. The molecular formula is C13H14NO+. The summed E-state index contributed by atoms with van der Waals surface area (Å²) in [6.45, 7) is 0.887. The Morgan fingerprint density at radius 3 is 2.40 bits per heavy atom. The van der Waals surface area contributed by atoms with Crippen molar-refractivity contribution >= 4 is 0 Å². The van der Waals surface area contributed by atoms with Gasteiger partial charge < -0.3 is 5.11 Å². The van der Waals surface area contributed by atoms with Crippen LogP contribution in [-0.2, 0) is 13.0 Å². The zero-order valence-electron chi connectivity index (χ0n) is 8.50. The van der Waals surface area contributed by atoms with Crippen LogP contribution < -0.4 is 4.57 Å². The Labute approximate surface area is 89.4 Å². The van der Waals surface area contributed by atoms with Crippen molar-refractivity contribution in [1.29, 1.82) is 0 Å². The molecule has 0 aliphatic carbocycles. The van der Waals surface area contributed by atoms with Gasteiger partial charge in [-0.05, 0) is 6.07 Å². The van der Waals surface area contributed by atoms with E-state index in [0.29, 0.717) is 5.75 Å².